The molecule has 20 heavy (non-hydrogen) atoms. The highest BCUT2D eigenvalue weighted by Crippen LogP contribution is 2.21. The fraction of sp³-hybridized carbons (Fsp3) is 0.200. The molecule has 0 unspecified atom stereocenters. The molecule has 0 saturated heterocycles. The molecule has 104 valence electrons. The molecule has 0 fully saturated rings. The van der Waals surface area contributed by atoms with Crippen LogP contribution in [0.15, 0.2) is 16.5 Å². The predicted octanol–water partition coefficient (Wildman–Crippen LogP) is 1.97. The van der Waals surface area contributed by atoms with Crippen molar-refractivity contribution in [2.75, 3.05) is 0 Å². The van der Waals surface area contributed by atoms with Gasteiger partial charge in [-0.05, 0) is 25.4 Å². The fourth-order valence-electron chi connectivity index (χ4n) is 1.29. The molecule has 0 atom stereocenters. The number of aryl methyl sites for hydroxylation is 1. The molecule has 1 amide bonds. The molecule has 2 aromatic heterocycles. The second-order valence-corrected chi connectivity index (χ2v) is 5.42. The molecule has 0 aromatic carbocycles. The molecule has 0 radical (unpaired) electrons. The summed E-state index contributed by atoms with van der Waals surface area (Å²) in [6, 6.07) is 1.41. The van der Waals surface area contributed by atoms with Crippen LogP contribution in [0.3, 0.4) is 0 Å². The lowest BCUT2D eigenvalue weighted by Gasteiger charge is -1.98. The van der Waals surface area contributed by atoms with Crippen LogP contribution in [0.5, 0.6) is 0 Å². The summed E-state index contributed by atoms with van der Waals surface area (Å²) in [5, 5.41) is 19.7. The largest absolute Gasteiger partial charge is 0.285 e. The van der Waals surface area contributed by atoms with E-state index in [4.69, 9.17) is 0 Å². The molecular formula is C10H9N5O3S2. The summed E-state index contributed by atoms with van der Waals surface area (Å²) in [6.45, 7) is 3.34. The lowest BCUT2D eigenvalue weighted by Crippen LogP contribution is -2.18. The maximum Gasteiger partial charge on any atom is 0.285 e. The molecule has 0 bridgehead atoms. The minimum Gasteiger partial charge on any atom is -0.266 e. The summed E-state index contributed by atoms with van der Waals surface area (Å²) in [6.07, 6.45) is 0. The third kappa shape index (κ3) is 3.03. The SMILES string of the molecule is CC(=NNC(=O)c1snnc1C)c1cc([N+](=O)[O-])cs1. The first-order chi connectivity index (χ1) is 9.49. The van der Waals surface area contributed by atoms with E-state index in [2.05, 4.69) is 20.1 Å². The number of nitrogens with one attached hydrogen (secondary N) is 1. The van der Waals surface area contributed by atoms with E-state index in [1.807, 2.05) is 0 Å². The van der Waals surface area contributed by atoms with Crippen molar-refractivity contribution >= 4 is 40.2 Å². The summed E-state index contributed by atoms with van der Waals surface area (Å²) in [5.74, 6) is -0.400. The number of nitro groups is 1. The van der Waals surface area contributed by atoms with Gasteiger partial charge in [0.25, 0.3) is 11.6 Å². The molecule has 1 N–H and O–H groups in total. The average molecular weight is 311 g/mol. The zero-order chi connectivity index (χ0) is 14.7. The van der Waals surface area contributed by atoms with Gasteiger partial charge in [-0.15, -0.1) is 16.4 Å². The molecule has 0 saturated carbocycles. The van der Waals surface area contributed by atoms with Crippen LogP contribution >= 0.6 is 22.9 Å². The van der Waals surface area contributed by atoms with E-state index in [1.165, 1.54) is 22.8 Å². The number of amides is 1. The van der Waals surface area contributed by atoms with Crippen molar-refractivity contribution in [2.24, 2.45) is 5.10 Å². The smallest absolute Gasteiger partial charge is 0.266 e. The summed E-state index contributed by atoms with van der Waals surface area (Å²) in [4.78, 5) is 22.9. The van der Waals surface area contributed by atoms with Crippen LogP contribution in [0.4, 0.5) is 5.69 Å². The number of carbonyl (C=O) groups excluding carboxylic acids is 1. The van der Waals surface area contributed by atoms with Gasteiger partial charge in [0.15, 0.2) is 0 Å². The van der Waals surface area contributed by atoms with Gasteiger partial charge in [-0.1, -0.05) is 4.49 Å². The molecule has 2 heterocycles. The second-order valence-electron chi connectivity index (χ2n) is 3.75. The van der Waals surface area contributed by atoms with Gasteiger partial charge in [0.05, 0.1) is 26.6 Å². The molecule has 0 spiro atoms. The number of carbonyl (C=O) groups is 1. The maximum absolute atomic E-state index is 11.8. The molecular weight excluding hydrogens is 302 g/mol. The minimum atomic E-state index is -0.474. The van der Waals surface area contributed by atoms with E-state index in [1.54, 1.807) is 13.8 Å². The molecule has 2 rings (SSSR count). The van der Waals surface area contributed by atoms with Crippen LogP contribution < -0.4 is 5.43 Å². The summed E-state index contributed by atoms with van der Waals surface area (Å²) >= 11 is 2.18. The normalized spacial score (nSPS) is 11.4. The van der Waals surface area contributed by atoms with Crippen molar-refractivity contribution in [1.29, 1.82) is 0 Å². The lowest BCUT2D eigenvalue weighted by molar-refractivity contribution is -0.384. The van der Waals surface area contributed by atoms with Gasteiger partial charge in [0.1, 0.15) is 4.88 Å². The number of thiophene rings is 1. The Hall–Kier alpha value is -2.20. The first-order valence-corrected chi connectivity index (χ1v) is 7.01. The van der Waals surface area contributed by atoms with Crippen LogP contribution in [-0.4, -0.2) is 26.1 Å². The Morgan fingerprint density at radius 3 is 2.85 bits per heavy atom. The highest BCUT2D eigenvalue weighted by molar-refractivity contribution is 7.12. The summed E-state index contributed by atoms with van der Waals surface area (Å²) < 4.78 is 3.66. The molecule has 0 aliphatic rings. The van der Waals surface area contributed by atoms with Crippen molar-refractivity contribution < 1.29 is 9.72 Å². The maximum atomic E-state index is 11.8. The number of rotatable bonds is 4. The van der Waals surface area contributed by atoms with Gasteiger partial charge in [-0.2, -0.15) is 5.10 Å². The van der Waals surface area contributed by atoms with Crippen molar-refractivity contribution in [1.82, 2.24) is 15.0 Å². The third-order valence-corrected chi connectivity index (χ3v) is 4.19. The Kier molecular flexibility index (Phi) is 4.15. The summed E-state index contributed by atoms with van der Waals surface area (Å²) in [7, 11) is 0. The minimum absolute atomic E-state index is 0.00776. The molecule has 8 nitrogen and oxygen atoms in total. The Balaban J connectivity index is 2.09. The predicted molar refractivity (Wildman–Crippen MR) is 75.3 cm³/mol. The number of nitrogens with zero attached hydrogens (tertiary/aromatic N) is 4. The van der Waals surface area contributed by atoms with Crippen LogP contribution in [0.25, 0.3) is 0 Å². The highest BCUT2D eigenvalue weighted by atomic mass is 32.1. The van der Waals surface area contributed by atoms with Gasteiger partial charge in [0.2, 0.25) is 0 Å². The average Bonchev–Trinajstić information content (AvgIpc) is 3.04. The monoisotopic (exact) mass is 311 g/mol. The Bertz CT molecular complexity index is 691. The first-order valence-electron chi connectivity index (χ1n) is 5.36. The number of hydrogen-bond acceptors (Lipinski definition) is 8. The van der Waals surface area contributed by atoms with Crippen LogP contribution in [0, 0.1) is 17.0 Å². The van der Waals surface area contributed by atoms with E-state index in [-0.39, 0.29) is 5.69 Å². The number of hydrogen-bond donors (Lipinski definition) is 1. The van der Waals surface area contributed by atoms with Gasteiger partial charge in [0, 0.05) is 6.07 Å². The van der Waals surface area contributed by atoms with Gasteiger partial charge in [-0.25, -0.2) is 5.43 Å². The van der Waals surface area contributed by atoms with E-state index >= 15 is 0 Å². The fourth-order valence-corrected chi connectivity index (χ4v) is 2.65. The molecule has 0 aliphatic carbocycles. The van der Waals surface area contributed by atoms with Crippen molar-refractivity contribution in [3.05, 3.63) is 37.0 Å². The van der Waals surface area contributed by atoms with E-state index in [0.29, 0.717) is 21.2 Å². The lowest BCUT2D eigenvalue weighted by atomic mass is 10.3. The Morgan fingerprint density at radius 2 is 2.30 bits per heavy atom. The topological polar surface area (TPSA) is 110 Å². The zero-order valence-electron chi connectivity index (χ0n) is 10.5. The van der Waals surface area contributed by atoms with Crippen molar-refractivity contribution in [2.45, 2.75) is 13.8 Å². The highest BCUT2D eigenvalue weighted by Gasteiger charge is 2.14. The van der Waals surface area contributed by atoms with Crippen LogP contribution in [-0.2, 0) is 0 Å². The van der Waals surface area contributed by atoms with Crippen molar-refractivity contribution in [3.63, 3.8) is 0 Å². The first kappa shape index (κ1) is 14.2. The van der Waals surface area contributed by atoms with E-state index in [0.717, 1.165) is 11.5 Å². The quantitative estimate of drug-likeness (QED) is 0.527. The third-order valence-electron chi connectivity index (χ3n) is 2.34. The van der Waals surface area contributed by atoms with Gasteiger partial charge < -0.3 is 0 Å². The Morgan fingerprint density at radius 1 is 1.55 bits per heavy atom. The molecule has 10 heteroatoms. The zero-order valence-corrected chi connectivity index (χ0v) is 12.1. The van der Waals surface area contributed by atoms with Gasteiger partial charge in [-0.3, -0.25) is 14.9 Å². The van der Waals surface area contributed by atoms with E-state index < -0.39 is 10.8 Å². The summed E-state index contributed by atoms with van der Waals surface area (Å²) in [5.41, 5.74) is 3.41. The van der Waals surface area contributed by atoms with Crippen molar-refractivity contribution in [3.8, 4) is 0 Å². The van der Waals surface area contributed by atoms with Crippen LogP contribution in [0.1, 0.15) is 27.2 Å². The van der Waals surface area contributed by atoms with Gasteiger partial charge >= 0.3 is 0 Å². The second kappa shape index (κ2) is 5.84. The Labute approximate surface area is 121 Å². The molecule has 0 aliphatic heterocycles. The number of aromatic nitrogens is 2. The van der Waals surface area contributed by atoms with Crippen LogP contribution in [0.2, 0.25) is 0 Å². The van der Waals surface area contributed by atoms with E-state index in [9.17, 15) is 14.9 Å². The standard InChI is InChI=1S/C10H9N5O3S2/c1-5(8-3-7(4-19-8)15(17)18)11-13-10(16)9-6(2)12-14-20-9/h3-4H,1-2H3,(H,13,16). The molecule has 2 aromatic rings. The number of hydrazone groups is 1.